The molecule has 2 heterocycles. The molecule has 0 spiro atoms. The minimum Gasteiger partial charge on any atom is -0.497 e. The number of thioether (sulfide) groups is 1. The number of hydrogen-bond acceptors (Lipinski definition) is 4. The largest absolute Gasteiger partial charge is 0.497 e. The van der Waals surface area contributed by atoms with Gasteiger partial charge in [-0.2, -0.15) is 11.8 Å². The summed E-state index contributed by atoms with van der Waals surface area (Å²) < 4.78 is 5.33. The highest BCUT2D eigenvalue weighted by Crippen LogP contribution is 2.34. The average Bonchev–Trinajstić information content (AvgIpc) is 2.77. The quantitative estimate of drug-likeness (QED) is 0.618. The van der Waals surface area contributed by atoms with Crippen LogP contribution in [0.25, 0.3) is 0 Å². The van der Waals surface area contributed by atoms with Gasteiger partial charge >= 0.3 is 0 Å². The van der Waals surface area contributed by atoms with Crippen molar-refractivity contribution in [2.75, 3.05) is 51.8 Å². The van der Waals surface area contributed by atoms with E-state index in [2.05, 4.69) is 71.1 Å². The lowest BCUT2D eigenvalue weighted by Crippen LogP contribution is -2.33. The van der Waals surface area contributed by atoms with Crippen molar-refractivity contribution in [1.82, 2.24) is 9.80 Å². The minimum absolute atomic E-state index is 0.445. The van der Waals surface area contributed by atoms with Crippen LogP contribution in [0.15, 0.2) is 42.5 Å². The lowest BCUT2D eigenvalue weighted by Gasteiger charge is -2.33. The van der Waals surface area contributed by atoms with Crippen molar-refractivity contribution in [3.05, 3.63) is 64.7 Å². The van der Waals surface area contributed by atoms with Crippen LogP contribution in [0.2, 0.25) is 0 Å². The maximum absolute atomic E-state index is 5.33. The molecule has 1 saturated heterocycles. The zero-order chi connectivity index (χ0) is 20.1. The van der Waals surface area contributed by atoms with Crippen LogP contribution in [0, 0.1) is 0 Å². The zero-order valence-corrected chi connectivity index (χ0v) is 18.7. The second-order valence-electron chi connectivity index (χ2n) is 8.47. The third-order valence-electron chi connectivity index (χ3n) is 6.33. The van der Waals surface area contributed by atoms with Crippen LogP contribution in [0.5, 0.6) is 5.75 Å². The average molecular weight is 411 g/mol. The van der Waals surface area contributed by atoms with E-state index < -0.39 is 0 Å². The van der Waals surface area contributed by atoms with Crippen molar-refractivity contribution in [2.45, 2.75) is 31.7 Å². The molecule has 0 aromatic heterocycles. The predicted molar refractivity (Wildman–Crippen MR) is 124 cm³/mol. The van der Waals surface area contributed by atoms with Crippen molar-refractivity contribution in [3.63, 3.8) is 0 Å². The second kappa shape index (κ2) is 10.0. The van der Waals surface area contributed by atoms with Crippen LogP contribution in [0.1, 0.15) is 41.0 Å². The third kappa shape index (κ3) is 5.36. The zero-order valence-electron chi connectivity index (χ0n) is 17.9. The van der Waals surface area contributed by atoms with Crippen molar-refractivity contribution in [2.24, 2.45) is 0 Å². The molecule has 4 rings (SSSR count). The van der Waals surface area contributed by atoms with Crippen molar-refractivity contribution >= 4 is 11.8 Å². The highest BCUT2D eigenvalue weighted by molar-refractivity contribution is 7.99. The summed E-state index contributed by atoms with van der Waals surface area (Å²) in [6.07, 6.45) is 3.81. The summed E-state index contributed by atoms with van der Waals surface area (Å²) in [7, 11) is 3.97. The summed E-state index contributed by atoms with van der Waals surface area (Å²) in [6, 6.07) is 15.8. The SMILES string of the molecule is COc1ccc(C2CN(C)Cc3cc(CCCCN4CCSCC4)ccc32)cc1. The van der Waals surface area contributed by atoms with E-state index in [1.54, 1.807) is 7.11 Å². The molecule has 2 aliphatic rings. The van der Waals surface area contributed by atoms with Gasteiger partial charge in [0.2, 0.25) is 0 Å². The first kappa shape index (κ1) is 20.8. The van der Waals surface area contributed by atoms with E-state index in [0.29, 0.717) is 5.92 Å². The first-order chi connectivity index (χ1) is 14.2. The number of fused-ring (bicyclic) bond motifs is 1. The van der Waals surface area contributed by atoms with Gasteiger partial charge in [0.15, 0.2) is 0 Å². The molecular weight excluding hydrogens is 376 g/mol. The van der Waals surface area contributed by atoms with E-state index in [1.807, 2.05) is 0 Å². The summed E-state index contributed by atoms with van der Waals surface area (Å²) in [5.41, 5.74) is 5.89. The van der Waals surface area contributed by atoms with E-state index in [4.69, 9.17) is 4.74 Å². The maximum atomic E-state index is 5.33. The molecule has 1 fully saturated rings. The lowest BCUT2D eigenvalue weighted by molar-refractivity contribution is 0.294. The van der Waals surface area contributed by atoms with Gasteiger partial charge in [-0.05, 0) is 67.2 Å². The van der Waals surface area contributed by atoms with Gasteiger partial charge in [0.05, 0.1) is 7.11 Å². The Morgan fingerprint density at radius 1 is 1.03 bits per heavy atom. The van der Waals surface area contributed by atoms with Crippen LogP contribution >= 0.6 is 11.8 Å². The number of benzene rings is 2. The van der Waals surface area contributed by atoms with Crippen molar-refractivity contribution in [3.8, 4) is 5.75 Å². The first-order valence-corrected chi connectivity index (χ1v) is 12.1. The fourth-order valence-corrected chi connectivity index (χ4v) is 5.65. The summed E-state index contributed by atoms with van der Waals surface area (Å²) in [6.45, 7) is 5.97. The van der Waals surface area contributed by atoms with E-state index in [-0.39, 0.29) is 0 Å². The van der Waals surface area contributed by atoms with Gasteiger partial charge in [0.1, 0.15) is 5.75 Å². The van der Waals surface area contributed by atoms with Crippen LogP contribution in [-0.4, -0.2) is 61.6 Å². The van der Waals surface area contributed by atoms with Gasteiger partial charge in [-0.1, -0.05) is 30.3 Å². The molecule has 0 N–H and O–H groups in total. The van der Waals surface area contributed by atoms with Gasteiger partial charge in [-0.25, -0.2) is 0 Å². The van der Waals surface area contributed by atoms with Crippen molar-refractivity contribution in [1.29, 1.82) is 0 Å². The Morgan fingerprint density at radius 3 is 2.59 bits per heavy atom. The normalized spacial score (nSPS) is 20.4. The van der Waals surface area contributed by atoms with Crippen LogP contribution < -0.4 is 4.74 Å². The van der Waals surface area contributed by atoms with Gasteiger partial charge in [-0.15, -0.1) is 0 Å². The summed E-state index contributed by atoms with van der Waals surface area (Å²) >= 11 is 2.10. The molecule has 0 radical (unpaired) electrons. The Bertz CT molecular complexity index is 786. The number of nitrogens with zero attached hydrogens (tertiary/aromatic N) is 2. The summed E-state index contributed by atoms with van der Waals surface area (Å²) in [5, 5.41) is 0. The standard InChI is InChI=1S/C25H34N2OS/c1-26-18-22-17-20(5-3-4-12-27-13-15-29-16-14-27)6-11-24(22)25(19-26)21-7-9-23(28-2)10-8-21/h6-11,17,25H,3-5,12-16,18-19H2,1-2H3. The fraction of sp³-hybridized carbons (Fsp3) is 0.520. The number of rotatable bonds is 7. The fourth-order valence-electron chi connectivity index (χ4n) is 4.67. The van der Waals surface area contributed by atoms with E-state index >= 15 is 0 Å². The molecule has 0 aliphatic carbocycles. The molecule has 29 heavy (non-hydrogen) atoms. The monoisotopic (exact) mass is 410 g/mol. The van der Waals surface area contributed by atoms with Crippen molar-refractivity contribution < 1.29 is 4.74 Å². The number of ether oxygens (including phenoxy) is 1. The highest BCUT2D eigenvalue weighted by Gasteiger charge is 2.25. The second-order valence-corrected chi connectivity index (χ2v) is 9.69. The smallest absolute Gasteiger partial charge is 0.118 e. The highest BCUT2D eigenvalue weighted by atomic mass is 32.2. The lowest BCUT2D eigenvalue weighted by atomic mass is 9.83. The Morgan fingerprint density at radius 2 is 1.83 bits per heavy atom. The van der Waals surface area contributed by atoms with E-state index in [1.165, 1.54) is 72.7 Å². The minimum atomic E-state index is 0.445. The summed E-state index contributed by atoms with van der Waals surface area (Å²) in [4.78, 5) is 5.09. The molecule has 2 aliphatic heterocycles. The number of aryl methyl sites for hydroxylation is 1. The predicted octanol–water partition coefficient (Wildman–Crippen LogP) is 4.64. The van der Waals surface area contributed by atoms with Crippen LogP contribution in [-0.2, 0) is 13.0 Å². The van der Waals surface area contributed by atoms with E-state index in [9.17, 15) is 0 Å². The topological polar surface area (TPSA) is 15.7 Å². The van der Waals surface area contributed by atoms with Gasteiger partial charge in [0, 0.05) is 43.6 Å². The number of likely N-dealkylation sites (N-methyl/N-ethyl adjacent to an activating group) is 1. The number of hydrogen-bond donors (Lipinski definition) is 0. The Kier molecular flexibility index (Phi) is 7.17. The Hall–Kier alpha value is -1.49. The number of unbranched alkanes of at least 4 members (excludes halogenated alkanes) is 1. The van der Waals surface area contributed by atoms with E-state index in [0.717, 1.165) is 18.8 Å². The number of methoxy groups -OCH3 is 1. The van der Waals surface area contributed by atoms with Crippen LogP contribution in [0.4, 0.5) is 0 Å². The third-order valence-corrected chi connectivity index (χ3v) is 7.27. The molecule has 2 aromatic carbocycles. The first-order valence-electron chi connectivity index (χ1n) is 11.0. The van der Waals surface area contributed by atoms with Gasteiger partial charge in [-0.3, -0.25) is 0 Å². The molecule has 3 nitrogen and oxygen atoms in total. The molecule has 0 bridgehead atoms. The molecule has 2 aromatic rings. The molecule has 4 heteroatoms. The molecule has 1 atom stereocenters. The molecule has 0 saturated carbocycles. The van der Waals surface area contributed by atoms with Gasteiger partial charge < -0.3 is 14.5 Å². The maximum Gasteiger partial charge on any atom is 0.118 e. The summed E-state index contributed by atoms with van der Waals surface area (Å²) in [5.74, 6) is 4.00. The molecule has 156 valence electrons. The Labute approximate surface area is 180 Å². The molecule has 1 unspecified atom stereocenters. The Balaban J connectivity index is 1.39. The molecule has 0 amide bonds. The molecular formula is C25H34N2OS. The van der Waals surface area contributed by atoms with Crippen LogP contribution in [0.3, 0.4) is 0 Å². The van der Waals surface area contributed by atoms with Gasteiger partial charge in [0.25, 0.3) is 0 Å².